The van der Waals surface area contributed by atoms with Gasteiger partial charge in [-0.3, -0.25) is 14.2 Å². The summed E-state index contributed by atoms with van der Waals surface area (Å²) in [5.41, 5.74) is 1.78. The predicted molar refractivity (Wildman–Crippen MR) is 134 cm³/mol. The quantitative estimate of drug-likeness (QED) is 0.350. The highest BCUT2D eigenvalue weighted by Gasteiger charge is 2.23. The van der Waals surface area contributed by atoms with Gasteiger partial charge in [-0.1, -0.05) is 31.7 Å². The second-order valence-corrected chi connectivity index (χ2v) is 9.58. The Hall–Kier alpha value is -3.24. The smallest absolute Gasteiger partial charge is 0.232 e. The van der Waals surface area contributed by atoms with Gasteiger partial charge >= 0.3 is 0 Å². The van der Waals surface area contributed by atoms with Crippen LogP contribution in [0.15, 0.2) is 53.7 Å². The third kappa shape index (κ3) is 6.46. The number of hydrogen-bond acceptors (Lipinski definition) is 7. The fourth-order valence-electron chi connectivity index (χ4n) is 3.70. The minimum Gasteiger partial charge on any atom is -0.378 e. The SMILES string of the molecule is CC(C)CC(=O)Nc1ccc(C(=O)CSc2nnc(N3CCOCC3)n2-c2cccc(F)c2)cc1. The summed E-state index contributed by atoms with van der Waals surface area (Å²) in [6.45, 7) is 6.42. The maximum Gasteiger partial charge on any atom is 0.232 e. The number of thioether (sulfide) groups is 1. The first-order valence-electron chi connectivity index (χ1n) is 11.5. The first-order valence-corrected chi connectivity index (χ1v) is 12.5. The number of carbonyl (C=O) groups is 2. The van der Waals surface area contributed by atoms with Crippen LogP contribution in [0, 0.1) is 11.7 Å². The van der Waals surface area contributed by atoms with Crippen molar-refractivity contribution in [2.75, 3.05) is 42.3 Å². The van der Waals surface area contributed by atoms with Gasteiger partial charge in [-0.15, -0.1) is 10.2 Å². The summed E-state index contributed by atoms with van der Waals surface area (Å²) >= 11 is 1.25. The number of rotatable bonds is 9. The van der Waals surface area contributed by atoms with Crippen molar-refractivity contribution < 1.29 is 18.7 Å². The highest BCUT2D eigenvalue weighted by atomic mass is 32.2. The van der Waals surface area contributed by atoms with Crippen molar-refractivity contribution in [1.29, 1.82) is 0 Å². The Balaban J connectivity index is 1.48. The van der Waals surface area contributed by atoms with Gasteiger partial charge < -0.3 is 15.0 Å². The predicted octanol–water partition coefficient (Wildman–Crippen LogP) is 4.20. The van der Waals surface area contributed by atoms with Gasteiger partial charge in [-0.05, 0) is 48.4 Å². The van der Waals surface area contributed by atoms with Crippen LogP contribution in [-0.4, -0.2) is 58.5 Å². The van der Waals surface area contributed by atoms with E-state index in [9.17, 15) is 14.0 Å². The molecule has 1 amide bonds. The van der Waals surface area contributed by atoms with Gasteiger partial charge in [0.05, 0.1) is 24.7 Å². The number of nitrogens with zero attached hydrogens (tertiary/aromatic N) is 4. The molecular formula is C25H28FN5O3S. The van der Waals surface area contributed by atoms with Gasteiger partial charge in [-0.25, -0.2) is 4.39 Å². The Morgan fingerprint density at radius 3 is 2.54 bits per heavy atom. The summed E-state index contributed by atoms with van der Waals surface area (Å²) in [7, 11) is 0. The average Bonchev–Trinajstić information content (AvgIpc) is 3.27. The zero-order chi connectivity index (χ0) is 24.8. The summed E-state index contributed by atoms with van der Waals surface area (Å²) in [6.07, 6.45) is 0.440. The molecule has 35 heavy (non-hydrogen) atoms. The fraction of sp³-hybridized carbons (Fsp3) is 0.360. The maximum atomic E-state index is 14.0. The number of ether oxygens (including phenoxy) is 1. The van der Waals surface area contributed by atoms with Crippen LogP contribution >= 0.6 is 11.8 Å². The first kappa shape index (κ1) is 24.9. The molecule has 3 aromatic rings. The minimum atomic E-state index is -0.364. The van der Waals surface area contributed by atoms with Crippen LogP contribution in [0.4, 0.5) is 16.0 Å². The van der Waals surface area contributed by atoms with Crippen molar-refractivity contribution in [2.45, 2.75) is 25.4 Å². The van der Waals surface area contributed by atoms with E-state index in [2.05, 4.69) is 15.5 Å². The van der Waals surface area contributed by atoms with Crippen molar-refractivity contribution in [1.82, 2.24) is 14.8 Å². The molecular weight excluding hydrogens is 469 g/mol. The molecule has 0 bridgehead atoms. The van der Waals surface area contributed by atoms with Crippen LogP contribution in [0.25, 0.3) is 5.69 Å². The van der Waals surface area contributed by atoms with Gasteiger partial charge in [0.25, 0.3) is 0 Å². The molecule has 2 heterocycles. The average molecular weight is 498 g/mol. The molecule has 1 saturated heterocycles. The maximum absolute atomic E-state index is 14.0. The molecule has 0 unspecified atom stereocenters. The number of carbonyl (C=O) groups excluding carboxylic acids is 2. The van der Waals surface area contributed by atoms with Crippen molar-refractivity contribution in [3.05, 3.63) is 59.9 Å². The van der Waals surface area contributed by atoms with Gasteiger partial charge in [0.2, 0.25) is 11.9 Å². The number of Topliss-reactive ketones (excluding diaryl/α,β-unsaturated/α-hetero) is 1. The third-order valence-electron chi connectivity index (χ3n) is 5.39. The normalized spacial score (nSPS) is 13.8. The van der Waals surface area contributed by atoms with Gasteiger partial charge in [-0.2, -0.15) is 0 Å². The lowest BCUT2D eigenvalue weighted by atomic mass is 10.1. The van der Waals surface area contributed by atoms with E-state index in [0.29, 0.717) is 60.8 Å². The monoisotopic (exact) mass is 497 g/mol. The van der Waals surface area contributed by atoms with Crippen LogP contribution in [0.1, 0.15) is 30.6 Å². The lowest BCUT2D eigenvalue weighted by molar-refractivity contribution is -0.116. The second kappa shape index (κ2) is 11.5. The Morgan fingerprint density at radius 1 is 1.11 bits per heavy atom. The standard InChI is InChI=1S/C25H28FN5O3S/c1-17(2)14-23(33)27-20-8-6-18(7-9-20)22(32)16-35-25-29-28-24(30-10-12-34-13-11-30)31(25)21-5-3-4-19(26)15-21/h3-9,15,17H,10-14,16H2,1-2H3,(H,27,33). The van der Waals surface area contributed by atoms with Crippen LogP contribution in [0.5, 0.6) is 0 Å². The molecule has 1 N–H and O–H groups in total. The third-order valence-corrected chi connectivity index (χ3v) is 6.32. The molecule has 10 heteroatoms. The van der Waals surface area contributed by atoms with Crippen molar-refractivity contribution in [2.24, 2.45) is 5.92 Å². The highest BCUT2D eigenvalue weighted by molar-refractivity contribution is 7.99. The second-order valence-electron chi connectivity index (χ2n) is 8.63. The van der Waals surface area contributed by atoms with Gasteiger partial charge in [0.1, 0.15) is 5.82 Å². The molecule has 184 valence electrons. The zero-order valence-electron chi connectivity index (χ0n) is 19.7. The van der Waals surface area contributed by atoms with Crippen LogP contribution in [-0.2, 0) is 9.53 Å². The molecule has 2 aromatic carbocycles. The van der Waals surface area contributed by atoms with E-state index in [-0.39, 0.29) is 29.2 Å². The Morgan fingerprint density at radius 2 is 1.86 bits per heavy atom. The Labute approximate surface area is 207 Å². The van der Waals surface area contributed by atoms with Crippen LogP contribution < -0.4 is 10.2 Å². The molecule has 8 nitrogen and oxygen atoms in total. The molecule has 1 fully saturated rings. The summed E-state index contributed by atoms with van der Waals surface area (Å²) in [4.78, 5) is 26.9. The molecule has 1 aliphatic heterocycles. The molecule has 1 aliphatic rings. The summed E-state index contributed by atoms with van der Waals surface area (Å²) in [5, 5.41) is 12.0. The van der Waals surface area contributed by atoms with Gasteiger partial charge in [0.15, 0.2) is 10.9 Å². The molecule has 0 atom stereocenters. The Bertz CT molecular complexity index is 1180. The van der Waals surface area contributed by atoms with Crippen LogP contribution in [0.2, 0.25) is 0 Å². The topological polar surface area (TPSA) is 89.3 Å². The first-order chi connectivity index (χ1) is 16.9. The Kier molecular flexibility index (Phi) is 8.14. The number of halogens is 1. The van der Waals surface area contributed by atoms with E-state index in [1.165, 1.54) is 23.9 Å². The molecule has 0 aliphatic carbocycles. The van der Waals surface area contributed by atoms with Crippen molar-refractivity contribution in [3.63, 3.8) is 0 Å². The summed E-state index contributed by atoms with van der Waals surface area (Å²) < 4.78 is 21.2. The summed E-state index contributed by atoms with van der Waals surface area (Å²) in [6, 6.07) is 13.1. The number of hydrogen-bond donors (Lipinski definition) is 1. The highest BCUT2D eigenvalue weighted by Crippen LogP contribution is 2.28. The van der Waals surface area contributed by atoms with E-state index in [4.69, 9.17) is 4.74 Å². The molecule has 0 saturated carbocycles. The van der Waals surface area contributed by atoms with E-state index >= 15 is 0 Å². The number of morpholine rings is 1. The van der Waals surface area contributed by atoms with Gasteiger partial charge in [0, 0.05) is 30.8 Å². The minimum absolute atomic E-state index is 0.0533. The molecule has 1 aromatic heterocycles. The van der Waals surface area contributed by atoms with E-state index in [1.807, 2.05) is 18.7 Å². The van der Waals surface area contributed by atoms with Crippen LogP contribution in [0.3, 0.4) is 0 Å². The fourth-order valence-corrected chi connectivity index (χ4v) is 4.54. The number of nitrogens with one attached hydrogen (secondary N) is 1. The summed E-state index contributed by atoms with van der Waals surface area (Å²) in [5.74, 6) is 0.493. The number of aromatic nitrogens is 3. The lowest BCUT2D eigenvalue weighted by Crippen LogP contribution is -2.37. The molecule has 0 spiro atoms. The largest absolute Gasteiger partial charge is 0.378 e. The number of anilines is 2. The zero-order valence-corrected chi connectivity index (χ0v) is 20.6. The van der Waals surface area contributed by atoms with Crippen molar-refractivity contribution in [3.8, 4) is 5.69 Å². The lowest BCUT2D eigenvalue weighted by Gasteiger charge is -2.27. The van der Waals surface area contributed by atoms with Crippen molar-refractivity contribution >= 4 is 35.1 Å². The number of benzene rings is 2. The molecule has 4 rings (SSSR count). The van der Waals surface area contributed by atoms with E-state index in [1.54, 1.807) is 41.0 Å². The van der Waals surface area contributed by atoms with E-state index in [0.717, 1.165) is 0 Å². The number of amides is 1. The number of ketones is 1. The van der Waals surface area contributed by atoms with E-state index < -0.39 is 0 Å². The molecule has 0 radical (unpaired) electrons.